The Labute approximate surface area is 133 Å². The molecule has 3 N–H and O–H groups in total. The van der Waals surface area contributed by atoms with Crippen LogP contribution in [0.15, 0.2) is 40.9 Å². The van der Waals surface area contributed by atoms with Crippen LogP contribution in [0, 0.1) is 5.92 Å². The highest BCUT2D eigenvalue weighted by molar-refractivity contribution is 9.10. The molecule has 0 aliphatic heterocycles. The van der Waals surface area contributed by atoms with Gasteiger partial charge < -0.3 is 11.1 Å². The van der Waals surface area contributed by atoms with Crippen LogP contribution in [-0.4, -0.2) is 18.0 Å². The summed E-state index contributed by atoms with van der Waals surface area (Å²) in [6.07, 6.45) is 2.31. The summed E-state index contributed by atoms with van der Waals surface area (Å²) in [5, 5.41) is 5.30. The number of nitrogens with two attached hydrogens (primary N) is 1. The monoisotopic (exact) mass is 346 g/mol. The molecule has 0 saturated heterocycles. The summed E-state index contributed by atoms with van der Waals surface area (Å²) in [6.45, 7) is 2.52. The van der Waals surface area contributed by atoms with Gasteiger partial charge in [-0.3, -0.25) is 4.79 Å². The van der Waals surface area contributed by atoms with Crippen molar-refractivity contribution in [1.82, 2.24) is 5.32 Å². The van der Waals surface area contributed by atoms with E-state index in [9.17, 15) is 4.79 Å². The number of benzene rings is 2. The molecule has 0 heterocycles. The zero-order chi connectivity index (χ0) is 15.0. The van der Waals surface area contributed by atoms with Crippen molar-refractivity contribution < 1.29 is 4.79 Å². The molecule has 21 heavy (non-hydrogen) atoms. The van der Waals surface area contributed by atoms with Crippen LogP contribution in [0.3, 0.4) is 0 Å². The van der Waals surface area contributed by atoms with E-state index in [4.69, 9.17) is 5.73 Å². The van der Waals surface area contributed by atoms with Crippen molar-refractivity contribution in [2.75, 3.05) is 6.54 Å². The number of hydrogen-bond acceptors (Lipinski definition) is 2. The Morgan fingerprint density at radius 1 is 1.29 bits per heavy atom. The van der Waals surface area contributed by atoms with Crippen LogP contribution in [0.4, 0.5) is 0 Å². The lowest BCUT2D eigenvalue weighted by Gasteiger charge is -2.29. The number of halogens is 1. The van der Waals surface area contributed by atoms with Gasteiger partial charge in [0.25, 0.3) is 5.91 Å². The van der Waals surface area contributed by atoms with E-state index < -0.39 is 0 Å². The predicted octanol–water partition coefficient (Wildman–Crippen LogP) is 3.46. The number of carbonyl (C=O) groups is 1. The largest absolute Gasteiger partial charge is 0.345 e. The molecule has 2 aromatic rings. The highest BCUT2D eigenvalue weighted by atomic mass is 79.9. The first-order valence-electron chi connectivity index (χ1n) is 7.24. The quantitative estimate of drug-likeness (QED) is 0.890. The van der Waals surface area contributed by atoms with Crippen LogP contribution in [0.1, 0.15) is 30.1 Å². The third kappa shape index (κ3) is 2.97. The highest BCUT2D eigenvalue weighted by Crippen LogP contribution is 2.39. The average molecular weight is 347 g/mol. The van der Waals surface area contributed by atoms with E-state index in [1.165, 1.54) is 0 Å². The highest BCUT2D eigenvalue weighted by Gasteiger charge is 2.41. The lowest BCUT2D eigenvalue weighted by Crippen LogP contribution is -2.53. The predicted molar refractivity (Wildman–Crippen MR) is 89.3 cm³/mol. The van der Waals surface area contributed by atoms with Gasteiger partial charge in [0, 0.05) is 16.6 Å². The molecule has 3 rings (SSSR count). The van der Waals surface area contributed by atoms with Gasteiger partial charge >= 0.3 is 0 Å². The second kappa shape index (κ2) is 5.43. The molecule has 1 unspecified atom stereocenters. The summed E-state index contributed by atoms with van der Waals surface area (Å²) in [5.74, 6) is 0.475. The summed E-state index contributed by atoms with van der Waals surface area (Å²) in [7, 11) is 0. The first-order valence-corrected chi connectivity index (χ1v) is 8.03. The van der Waals surface area contributed by atoms with Gasteiger partial charge in [-0.2, -0.15) is 0 Å². The van der Waals surface area contributed by atoms with Gasteiger partial charge in [-0.05, 0) is 60.7 Å². The van der Waals surface area contributed by atoms with E-state index in [-0.39, 0.29) is 11.4 Å². The van der Waals surface area contributed by atoms with E-state index in [0.717, 1.165) is 28.1 Å². The Morgan fingerprint density at radius 2 is 1.95 bits per heavy atom. The molecule has 1 amide bonds. The second-order valence-electron chi connectivity index (χ2n) is 6.06. The van der Waals surface area contributed by atoms with Crippen molar-refractivity contribution in [3.05, 3.63) is 46.4 Å². The second-order valence-corrected chi connectivity index (χ2v) is 6.97. The molecule has 0 aromatic heterocycles. The van der Waals surface area contributed by atoms with Crippen molar-refractivity contribution in [2.24, 2.45) is 11.7 Å². The van der Waals surface area contributed by atoms with Crippen LogP contribution in [0.5, 0.6) is 0 Å². The minimum atomic E-state index is -0.286. The van der Waals surface area contributed by atoms with Crippen LogP contribution in [0.2, 0.25) is 0 Å². The van der Waals surface area contributed by atoms with E-state index in [2.05, 4.69) is 21.2 Å². The van der Waals surface area contributed by atoms with Crippen LogP contribution < -0.4 is 11.1 Å². The molecule has 0 radical (unpaired) electrons. The third-order valence-corrected chi connectivity index (χ3v) is 4.86. The van der Waals surface area contributed by atoms with Crippen molar-refractivity contribution >= 4 is 32.6 Å². The molecule has 1 atom stereocenters. The molecular formula is C17H19BrN2O. The Hall–Kier alpha value is -1.39. The zero-order valence-corrected chi connectivity index (χ0v) is 13.6. The standard InChI is InChI=1S/C17H19BrN2O/c1-17(10-19,14-5-6-14)20-16(21)13-3-2-12-9-15(18)7-4-11(12)8-13/h2-4,7-9,14H,5-6,10,19H2,1H3,(H,20,21). The third-order valence-electron chi connectivity index (χ3n) is 4.37. The molecule has 3 nitrogen and oxygen atoms in total. The van der Waals surface area contributed by atoms with E-state index in [1.807, 2.05) is 43.3 Å². The molecule has 110 valence electrons. The van der Waals surface area contributed by atoms with Gasteiger partial charge in [-0.25, -0.2) is 0 Å². The van der Waals surface area contributed by atoms with Gasteiger partial charge in [0.1, 0.15) is 0 Å². The average Bonchev–Trinajstić information content (AvgIpc) is 3.31. The van der Waals surface area contributed by atoms with Gasteiger partial charge in [0.2, 0.25) is 0 Å². The normalized spacial score (nSPS) is 17.5. The summed E-state index contributed by atoms with van der Waals surface area (Å²) >= 11 is 3.46. The molecular weight excluding hydrogens is 328 g/mol. The number of hydrogen-bond donors (Lipinski definition) is 2. The number of fused-ring (bicyclic) bond motifs is 1. The zero-order valence-electron chi connectivity index (χ0n) is 12.0. The Kier molecular flexibility index (Phi) is 3.76. The number of rotatable bonds is 4. The lowest BCUT2D eigenvalue weighted by molar-refractivity contribution is 0.0898. The number of nitrogens with one attached hydrogen (secondary N) is 1. The first-order chi connectivity index (χ1) is 10.0. The van der Waals surface area contributed by atoms with Crippen molar-refractivity contribution in [3.63, 3.8) is 0 Å². The Bertz CT molecular complexity index is 696. The van der Waals surface area contributed by atoms with Crippen molar-refractivity contribution in [3.8, 4) is 0 Å². The topological polar surface area (TPSA) is 55.1 Å². The maximum atomic E-state index is 12.5. The minimum absolute atomic E-state index is 0.0420. The molecule has 4 heteroatoms. The maximum absolute atomic E-state index is 12.5. The first kappa shape index (κ1) is 14.5. The molecule has 1 aliphatic rings. The summed E-state index contributed by atoms with van der Waals surface area (Å²) in [4.78, 5) is 12.5. The molecule has 0 bridgehead atoms. The molecule has 1 fully saturated rings. The van der Waals surface area contributed by atoms with Crippen LogP contribution in [0.25, 0.3) is 10.8 Å². The van der Waals surface area contributed by atoms with E-state index in [0.29, 0.717) is 18.0 Å². The van der Waals surface area contributed by atoms with Crippen LogP contribution >= 0.6 is 15.9 Å². The van der Waals surface area contributed by atoms with Gasteiger partial charge in [0.15, 0.2) is 0 Å². The van der Waals surface area contributed by atoms with E-state index >= 15 is 0 Å². The molecule has 0 spiro atoms. The summed E-state index contributed by atoms with van der Waals surface area (Å²) < 4.78 is 1.04. The van der Waals surface area contributed by atoms with E-state index in [1.54, 1.807) is 0 Å². The minimum Gasteiger partial charge on any atom is -0.345 e. The molecule has 1 saturated carbocycles. The fourth-order valence-electron chi connectivity index (χ4n) is 2.73. The number of amides is 1. The van der Waals surface area contributed by atoms with Crippen molar-refractivity contribution in [2.45, 2.75) is 25.3 Å². The van der Waals surface area contributed by atoms with Gasteiger partial charge in [-0.1, -0.05) is 28.1 Å². The van der Waals surface area contributed by atoms with Gasteiger partial charge in [-0.15, -0.1) is 0 Å². The Morgan fingerprint density at radius 3 is 2.62 bits per heavy atom. The summed E-state index contributed by atoms with van der Waals surface area (Å²) in [6, 6.07) is 11.8. The SMILES string of the molecule is CC(CN)(NC(=O)c1ccc2cc(Br)ccc2c1)C1CC1. The molecule has 2 aromatic carbocycles. The van der Waals surface area contributed by atoms with Crippen molar-refractivity contribution in [1.29, 1.82) is 0 Å². The maximum Gasteiger partial charge on any atom is 0.251 e. The smallest absolute Gasteiger partial charge is 0.251 e. The number of carbonyl (C=O) groups excluding carboxylic acids is 1. The lowest BCUT2D eigenvalue weighted by atomic mass is 9.95. The van der Waals surface area contributed by atoms with Crippen LogP contribution in [-0.2, 0) is 0 Å². The fourth-order valence-corrected chi connectivity index (χ4v) is 3.11. The Balaban J connectivity index is 1.86. The fraction of sp³-hybridized carbons (Fsp3) is 0.353. The van der Waals surface area contributed by atoms with Gasteiger partial charge in [0.05, 0.1) is 5.54 Å². The summed E-state index contributed by atoms with van der Waals surface area (Å²) in [5.41, 5.74) is 6.26. The molecule has 1 aliphatic carbocycles.